The Balaban J connectivity index is 1.22. The molecule has 0 saturated carbocycles. The Kier molecular flexibility index (Phi) is 13.3. The molecule has 1 unspecified atom stereocenters. The van der Waals surface area contributed by atoms with Gasteiger partial charge in [0.25, 0.3) is 0 Å². The van der Waals surface area contributed by atoms with Crippen LogP contribution in [0.5, 0.6) is 0 Å². The smallest absolute Gasteiger partial charge is 0.0524 e. The van der Waals surface area contributed by atoms with E-state index in [0.29, 0.717) is 5.92 Å². The molecule has 1 aliphatic heterocycles. The van der Waals surface area contributed by atoms with Gasteiger partial charge in [-0.05, 0) is 177 Å². The summed E-state index contributed by atoms with van der Waals surface area (Å²) in [6, 6.07) is 57.1. The van der Waals surface area contributed by atoms with Gasteiger partial charge in [-0.1, -0.05) is 116 Å². The van der Waals surface area contributed by atoms with Crippen LogP contribution in [0.25, 0.3) is 0 Å². The lowest BCUT2D eigenvalue weighted by molar-refractivity contribution is 0.823. The summed E-state index contributed by atoms with van der Waals surface area (Å²) in [6.07, 6.45) is 19.6. The molecule has 8 rings (SSSR count). The first kappa shape index (κ1) is 41.9. The first-order valence-electron chi connectivity index (χ1n) is 21.6. The van der Waals surface area contributed by atoms with Crippen molar-refractivity contribution in [2.75, 3.05) is 19.0 Å². The second-order valence-corrected chi connectivity index (χ2v) is 17.6. The van der Waals surface area contributed by atoms with Crippen LogP contribution in [0, 0.1) is 19.8 Å². The maximum Gasteiger partial charge on any atom is 0.0524 e. The number of benzene rings is 6. The van der Waals surface area contributed by atoms with Crippen molar-refractivity contribution >= 4 is 61.5 Å². The van der Waals surface area contributed by atoms with Gasteiger partial charge >= 0.3 is 0 Å². The molecule has 0 radical (unpaired) electrons. The number of anilines is 8. The van der Waals surface area contributed by atoms with Crippen LogP contribution in [0.3, 0.4) is 0 Å². The molecule has 4 nitrogen and oxygen atoms in total. The molecule has 0 spiro atoms. The molecule has 0 saturated heterocycles. The summed E-state index contributed by atoms with van der Waals surface area (Å²) >= 11 is 0. The fraction of sp³-hybridized carbons (Fsp3) is 0.140. The van der Waals surface area contributed by atoms with E-state index in [2.05, 4.69) is 271 Å². The predicted octanol–water partition coefficient (Wildman–Crippen LogP) is 16.3. The first-order chi connectivity index (χ1) is 30.4. The highest BCUT2D eigenvalue weighted by atomic mass is 32.2. The Morgan fingerprint density at radius 2 is 0.952 bits per heavy atom. The molecule has 6 aromatic rings. The van der Waals surface area contributed by atoms with Crippen LogP contribution in [0.4, 0.5) is 45.5 Å². The van der Waals surface area contributed by atoms with E-state index in [-0.39, 0.29) is 10.7 Å². The molecule has 62 heavy (non-hydrogen) atoms. The van der Waals surface area contributed by atoms with E-state index in [4.69, 9.17) is 0 Å². The molecule has 2 aliphatic rings. The topological polar surface area (TPSA) is 13.0 Å². The highest BCUT2D eigenvalue weighted by Crippen LogP contribution is 2.43. The molecule has 6 aromatic carbocycles. The Hall–Kier alpha value is -6.82. The largest absolute Gasteiger partial charge is 0.314 e. The van der Waals surface area contributed by atoms with E-state index in [1.807, 2.05) is 0 Å². The van der Waals surface area contributed by atoms with E-state index in [1.165, 1.54) is 33.9 Å². The average molecular weight is 829 g/mol. The minimum Gasteiger partial charge on any atom is -0.314 e. The minimum absolute atomic E-state index is 0.242. The lowest BCUT2D eigenvalue weighted by Gasteiger charge is -2.34. The van der Waals surface area contributed by atoms with Crippen molar-refractivity contribution in [2.24, 2.45) is 5.92 Å². The second kappa shape index (κ2) is 19.7. The number of rotatable bonds is 14. The van der Waals surface area contributed by atoms with Crippen molar-refractivity contribution in [3.05, 3.63) is 240 Å². The van der Waals surface area contributed by atoms with E-state index < -0.39 is 0 Å². The third kappa shape index (κ3) is 9.70. The molecule has 1 heterocycles. The van der Waals surface area contributed by atoms with E-state index in [0.717, 1.165) is 52.7 Å². The summed E-state index contributed by atoms with van der Waals surface area (Å²) in [6.45, 7) is 10.9. The van der Waals surface area contributed by atoms with Crippen LogP contribution in [0.15, 0.2) is 229 Å². The zero-order chi connectivity index (χ0) is 42.8. The van der Waals surface area contributed by atoms with Crippen LogP contribution in [-0.2, 0) is 0 Å². The van der Waals surface area contributed by atoms with Gasteiger partial charge in [-0.2, -0.15) is 0 Å². The summed E-state index contributed by atoms with van der Waals surface area (Å²) in [7, 11) is -0.242. The van der Waals surface area contributed by atoms with Gasteiger partial charge in [0, 0.05) is 56.9 Å². The van der Waals surface area contributed by atoms with Gasteiger partial charge in [-0.3, -0.25) is 4.31 Å². The normalized spacial score (nSPS) is 14.9. The Morgan fingerprint density at radius 1 is 0.500 bits per heavy atom. The molecule has 5 heteroatoms. The third-order valence-corrected chi connectivity index (χ3v) is 12.6. The molecule has 0 amide bonds. The predicted molar refractivity (Wildman–Crippen MR) is 272 cm³/mol. The number of hydrogen-bond acceptors (Lipinski definition) is 4. The van der Waals surface area contributed by atoms with Gasteiger partial charge in [0.1, 0.15) is 0 Å². The molecule has 1 atom stereocenters. The van der Waals surface area contributed by atoms with Crippen molar-refractivity contribution in [3.63, 3.8) is 0 Å². The fourth-order valence-corrected chi connectivity index (χ4v) is 9.72. The monoisotopic (exact) mass is 828 g/mol. The third-order valence-electron chi connectivity index (χ3n) is 10.9. The van der Waals surface area contributed by atoms with Crippen LogP contribution >= 0.6 is 10.7 Å². The zero-order valence-electron chi connectivity index (χ0n) is 36.5. The molecule has 0 aromatic heterocycles. The van der Waals surface area contributed by atoms with E-state index in [1.54, 1.807) is 0 Å². The highest BCUT2D eigenvalue weighted by molar-refractivity contribution is 8.19. The summed E-state index contributed by atoms with van der Waals surface area (Å²) in [5.41, 5.74) is 15.3. The maximum atomic E-state index is 2.46. The van der Waals surface area contributed by atoms with Crippen LogP contribution < -0.4 is 19.0 Å². The van der Waals surface area contributed by atoms with Crippen LogP contribution in [-0.4, -0.2) is 5.37 Å². The lowest BCUT2D eigenvalue weighted by atomic mass is 10.0. The second-order valence-electron chi connectivity index (χ2n) is 16.0. The lowest BCUT2D eigenvalue weighted by Crippen LogP contribution is -2.22. The molecular formula is C57H56N4S. The summed E-state index contributed by atoms with van der Waals surface area (Å²) < 4.78 is 2.46. The minimum atomic E-state index is -0.242. The van der Waals surface area contributed by atoms with E-state index >= 15 is 0 Å². The molecular weight excluding hydrogens is 773 g/mol. The van der Waals surface area contributed by atoms with E-state index in [9.17, 15) is 0 Å². The SMILES string of the molecule is C/C=C\C(=C/C(C)C)N(c1ccc(N(C2=CC=C(N(c3ccccc3)c3cccc(C)c3)CC2)c2ccc(N(c3ccccc3)c3cccc(C)c3)cc2)cc1)S1=CC=CC=C1. The maximum absolute atomic E-state index is 2.46. The molecule has 0 fully saturated rings. The highest BCUT2D eigenvalue weighted by Gasteiger charge is 2.23. The summed E-state index contributed by atoms with van der Waals surface area (Å²) in [5, 5.41) is 4.59. The van der Waals surface area contributed by atoms with Crippen LogP contribution in [0.2, 0.25) is 0 Å². The van der Waals surface area contributed by atoms with Crippen LogP contribution in [0.1, 0.15) is 44.7 Å². The van der Waals surface area contributed by atoms with Gasteiger partial charge in [-0.25, -0.2) is 0 Å². The van der Waals surface area contributed by atoms with Crippen molar-refractivity contribution in [2.45, 2.75) is 47.5 Å². The zero-order valence-corrected chi connectivity index (χ0v) is 37.3. The number of hydrogen-bond donors (Lipinski definition) is 0. The molecule has 0 bridgehead atoms. The first-order valence-corrected chi connectivity index (χ1v) is 23.0. The Morgan fingerprint density at radius 3 is 1.42 bits per heavy atom. The number of aryl methyl sites for hydroxylation is 2. The van der Waals surface area contributed by atoms with Gasteiger partial charge < -0.3 is 14.7 Å². The fourth-order valence-electron chi connectivity index (χ4n) is 8.15. The van der Waals surface area contributed by atoms with Gasteiger partial charge in [0.15, 0.2) is 0 Å². The molecule has 0 N–H and O–H groups in total. The van der Waals surface area contributed by atoms with Gasteiger partial charge in [0.2, 0.25) is 0 Å². The standard InChI is InChI=1S/C57H56N4S/c1-6-18-57(41-44(2)3)61(62-39-14-9-15-40-62)54-37-35-51(36-38-54)58(49-27-31-52(32-28-49)59(47-21-10-7-11-22-47)55-25-16-19-45(4)42-55)50-29-33-53(34-30-50)60(48-23-12-8-13-24-48)56-26-17-20-46(5)43-56/h6-29,31-33,35-44H,30,34H2,1-5H3/b18-6-,57-41+. The van der Waals surface area contributed by atoms with Gasteiger partial charge in [0.05, 0.1) is 5.69 Å². The van der Waals surface area contributed by atoms with Crippen molar-refractivity contribution < 1.29 is 0 Å². The Bertz CT molecular complexity index is 2680. The summed E-state index contributed by atoms with van der Waals surface area (Å²) in [5.74, 6) is 0.401. The molecule has 310 valence electrons. The average Bonchev–Trinajstić information content (AvgIpc) is 3.29. The summed E-state index contributed by atoms with van der Waals surface area (Å²) in [4.78, 5) is 7.19. The van der Waals surface area contributed by atoms with Crippen molar-refractivity contribution in [1.29, 1.82) is 0 Å². The Labute approximate surface area is 372 Å². The number of allylic oxidation sites excluding steroid dienone is 10. The van der Waals surface area contributed by atoms with Gasteiger partial charge in [-0.15, -0.1) is 0 Å². The van der Waals surface area contributed by atoms with Crippen molar-refractivity contribution in [3.8, 4) is 0 Å². The number of nitrogens with zero attached hydrogens (tertiary/aromatic N) is 4. The molecule has 1 aliphatic carbocycles. The van der Waals surface area contributed by atoms with Crippen molar-refractivity contribution in [1.82, 2.24) is 0 Å². The quantitative estimate of drug-likeness (QED) is 0.0801. The number of para-hydroxylation sites is 2.